The van der Waals surface area contributed by atoms with Gasteiger partial charge in [-0.3, -0.25) is 4.79 Å². The first kappa shape index (κ1) is 19.5. The number of aryl methyl sites for hydroxylation is 1. The second-order valence-corrected chi connectivity index (χ2v) is 6.69. The van der Waals surface area contributed by atoms with E-state index >= 15 is 0 Å². The Kier molecular flexibility index (Phi) is 7.50. The molecule has 2 rings (SSSR count). The Bertz CT molecular complexity index is 587. The van der Waals surface area contributed by atoms with Crippen LogP contribution in [-0.2, 0) is 11.2 Å². The van der Waals surface area contributed by atoms with Gasteiger partial charge in [0.1, 0.15) is 5.69 Å². The van der Waals surface area contributed by atoms with E-state index in [0.717, 1.165) is 18.7 Å². The first-order valence-corrected chi connectivity index (χ1v) is 9.38. The Balaban J connectivity index is 1.88. The minimum absolute atomic E-state index is 0.154. The van der Waals surface area contributed by atoms with Gasteiger partial charge in [0.25, 0.3) is 5.91 Å². The van der Waals surface area contributed by atoms with Crippen LogP contribution in [0.2, 0.25) is 0 Å². The van der Waals surface area contributed by atoms with Gasteiger partial charge in [0.15, 0.2) is 0 Å². The Morgan fingerprint density at radius 3 is 2.48 bits per heavy atom. The van der Waals surface area contributed by atoms with Crippen molar-refractivity contribution in [3.05, 3.63) is 22.5 Å². The monoisotopic (exact) mass is 349 g/mol. The van der Waals surface area contributed by atoms with Crippen LogP contribution in [0.25, 0.3) is 0 Å². The molecule has 2 N–H and O–H groups in total. The number of ether oxygens (including phenoxy) is 1. The predicted molar refractivity (Wildman–Crippen MR) is 98.1 cm³/mol. The first-order valence-electron chi connectivity index (χ1n) is 9.38. The van der Waals surface area contributed by atoms with Crippen LogP contribution in [0.5, 0.6) is 0 Å². The van der Waals surface area contributed by atoms with E-state index in [9.17, 15) is 9.59 Å². The van der Waals surface area contributed by atoms with E-state index in [4.69, 9.17) is 4.74 Å². The average Bonchev–Trinajstić information content (AvgIpc) is 2.78. The van der Waals surface area contributed by atoms with Crippen molar-refractivity contribution in [1.29, 1.82) is 0 Å². The Labute approximate surface area is 150 Å². The zero-order valence-corrected chi connectivity index (χ0v) is 15.7. The van der Waals surface area contributed by atoms with Crippen LogP contribution in [0.4, 0.5) is 0 Å². The van der Waals surface area contributed by atoms with Crippen LogP contribution in [0.3, 0.4) is 0 Å². The summed E-state index contributed by atoms with van der Waals surface area (Å²) in [6, 6.07) is 0. The fourth-order valence-electron chi connectivity index (χ4n) is 3.48. The van der Waals surface area contributed by atoms with Crippen LogP contribution in [0.15, 0.2) is 0 Å². The molecule has 1 fully saturated rings. The molecule has 6 nitrogen and oxygen atoms in total. The quantitative estimate of drug-likeness (QED) is 0.586. The highest BCUT2D eigenvalue weighted by atomic mass is 16.5. The molecule has 0 unspecified atom stereocenters. The van der Waals surface area contributed by atoms with E-state index in [2.05, 4.69) is 15.2 Å². The number of nitrogens with zero attached hydrogens (tertiary/aromatic N) is 1. The van der Waals surface area contributed by atoms with E-state index in [1.165, 1.54) is 45.9 Å². The molecule has 0 spiro atoms. The lowest BCUT2D eigenvalue weighted by Gasteiger charge is -2.19. The van der Waals surface area contributed by atoms with Gasteiger partial charge in [-0.25, -0.2) is 4.79 Å². The summed E-state index contributed by atoms with van der Waals surface area (Å²) in [6.07, 6.45) is 6.82. The number of amides is 1. The number of hydrogen-bond acceptors (Lipinski definition) is 4. The molecule has 0 atom stereocenters. The maximum absolute atomic E-state index is 12.5. The number of likely N-dealkylation sites (tertiary alicyclic amines) is 1. The van der Waals surface area contributed by atoms with Gasteiger partial charge in [-0.05, 0) is 57.8 Å². The molecule has 0 aromatic carbocycles. The summed E-state index contributed by atoms with van der Waals surface area (Å²) in [5.74, 6) is -0.552. The van der Waals surface area contributed by atoms with E-state index in [-0.39, 0.29) is 5.91 Å². The molecule has 2 heterocycles. The standard InChI is InChI=1S/C19H31N3O3/c1-4-15-16(19(24)25-3)14(2)17(21-15)18(23)20-10-9-13-22-11-7-5-6-8-12-22/h21H,4-13H2,1-3H3,(H,20,23). The molecule has 1 amide bonds. The highest BCUT2D eigenvalue weighted by Crippen LogP contribution is 2.20. The van der Waals surface area contributed by atoms with Crippen molar-refractivity contribution in [3.8, 4) is 0 Å². The molecule has 140 valence electrons. The van der Waals surface area contributed by atoms with Crippen molar-refractivity contribution in [1.82, 2.24) is 15.2 Å². The largest absolute Gasteiger partial charge is 0.465 e. The van der Waals surface area contributed by atoms with Gasteiger partial charge in [-0.15, -0.1) is 0 Å². The molecule has 6 heteroatoms. The van der Waals surface area contributed by atoms with E-state index in [0.29, 0.717) is 29.8 Å². The number of rotatable bonds is 7. The predicted octanol–water partition coefficient (Wildman–Crippen LogP) is 2.67. The van der Waals surface area contributed by atoms with Crippen molar-refractivity contribution in [2.24, 2.45) is 0 Å². The summed E-state index contributed by atoms with van der Waals surface area (Å²) >= 11 is 0. The van der Waals surface area contributed by atoms with Gasteiger partial charge >= 0.3 is 5.97 Å². The third kappa shape index (κ3) is 5.08. The smallest absolute Gasteiger partial charge is 0.339 e. The molecular formula is C19H31N3O3. The molecule has 1 aliphatic heterocycles. The number of carbonyl (C=O) groups is 2. The van der Waals surface area contributed by atoms with Gasteiger partial charge in [0.05, 0.1) is 12.7 Å². The van der Waals surface area contributed by atoms with Crippen LogP contribution in [0, 0.1) is 6.92 Å². The summed E-state index contributed by atoms with van der Waals surface area (Å²) in [4.78, 5) is 30.0. The van der Waals surface area contributed by atoms with Crippen LogP contribution in [0.1, 0.15) is 71.1 Å². The molecule has 0 aliphatic carbocycles. The number of nitrogens with one attached hydrogen (secondary N) is 2. The second-order valence-electron chi connectivity index (χ2n) is 6.69. The van der Waals surface area contributed by atoms with Gasteiger partial charge in [0, 0.05) is 12.2 Å². The molecule has 1 aliphatic rings. The lowest BCUT2D eigenvalue weighted by Crippen LogP contribution is -2.31. The molecule has 25 heavy (non-hydrogen) atoms. The normalized spacial score (nSPS) is 15.6. The van der Waals surface area contributed by atoms with E-state index in [1.54, 1.807) is 6.92 Å². The van der Waals surface area contributed by atoms with Crippen LogP contribution in [-0.4, -0.2) is 55.0 Å². The van der Waals surface area contributed by atoms with Crippen LogP contribution < -0.4 is 5.32 Å². The van der Waals surface area contributed by atoms with Crippen molar-refractivity contribution in [3.63, 3.8) is 0 Å². The fourth-order valence-corrected chi connectivity index (χ4v) is 3.48. The van der Waals surface area contributed by atoms with Gasteiger partial charge < -0.3 is 19.9 Å². The molecule has 1 saturated heterocycles. The molecule has 0 radical (unpaired) electrons. The van der Waals surface area contributed by atoms with Gasteiger partial charge in [-0.1, -0.05) is 19.8 Å². The maximum Gasteiger partial charge on any atom is 0.339 e. The number of methoxy groups -OCH3 is 1. The summed E-state index contributed by atoms with van der Waals surface area (Å²) < 4.78 is 4.83. The minimum Gasteiger partial charge on any atom is -0.465 e. The summed E-state index contributed by atoms with van der Waals surface area (Å²) in [5.41, 5.74) is 2.36. The molecule has 1 aromatic heterocycles. The average molecular weight is 349 g/mol. The van der Waals surface area contributed by atoms with Gasteiger partial charge in [-0.2, -0.15) is 0 Å². The Hall–Kier alpha value is -1.82. The number of H-pyrrole nitrogens is 1. The zero-order valence-electron chi connectivity index (χ0n) is 15.7. The van der Waals surface area contributed by atoms with E-state index in [1.807, 2.05) is 6.92 Å². The third-order valence-electron chi connectivity index (χ3n) is 4.93. The summed E-state index contributed by atoms with van der Waals surface area (Å²) in [6.45, 7) is 7.74. The third-order valence-corrected chi connectivity index (χ3v) is 4.93. The molecule has 0 saturated carbocycles. The summed E-state index contributed by atoms with van der Waals surface area (Å²) in [5, 5.41) is 2.97. The minimum atomic E-state index is -0.397. The van der Waals surface area contributed by atoms with Crippen molar-refractivity contribution in [2.75, 3.05) is 33.3 Å². The number of hydrogen-bond donors (Lipinski definition) is 2. The summed E-state index contributed by atoms with van der Waals surface area (Å²) in [7, 11) is 1.36. The lowest BCUT2D eigenvalue weighted by molar-refractivity contribution is 0.0599. The number of aromatic nitrogens is 1. The maximum atomic E-state index is 12.5. The topological polar surface area (TPSA) is 74.4 Å². The number of esters is 1. The van der Waals surface area contributed by atoms with E-state index < -0.39 is 5.97 Å². The zero-order chi connectivity index (χ0) is 18.2. The lowest BCUT2D eigenvalue weighted by atomic mass is 10.1. The Morgan fingerprint density at radius 1 is 1.20 bits per heavy atom. The van der Waals surface area contributed by atoms with Crippen LogP contribution >= 0.6 is 0 Å². The van der Waals surface area contributed by atoms with Crippen molar-refractivity contribution in [2.45, 2.75) is 52.4 Å². The molecule has 0 bridgehead atoms. The number of aromatic amines is 1. The molecule has 1 aromatic rings. The van der Waals surface area contributed by atoms with Gasteiger partial charge in [0.2, 0.25) is 0 Å². The Morgan fingerprint density at radius 2 is 1.88 bits per heavy atom. The first-order chi connectivity index (χ1) is 12.1. The highest BCUT2D eigenvalue weighted by molar-refractivity contribution is 6.00. The highest BCUT2D eigenvalue weighted by Gasteiger charge is 2.23. The number of carbonyl (C=O) groups excluding carboxylic acids is 2. The van der Waals surface area contributed by atoms with Crippen molar-refractivity contribution < 1.29 is 14.3 Å². The van der Waals surface area contributed by atoms with Crippen molar-refractivity contribution >= 4 is 11.9 Å². The second kappa shape index (κ2) is 9.61. The molecular weight excluding hydrogens is 318 g/mol. The fraction of sp³-hybridized carbons (Fsp3) is 0.684. The SMILES string of the molecule is CCc1[nH]c(C(=O)NCCCN2CCCCCC2)c(C)c1C(=O)OC.